The van der Waals surface area contributed by atoms with Gasteiger partial charge in [-0.05, 0) is 25.0 Å². The summed E-state index contributed by atoms with van der Waals surface area (Å²) in [7, 11) is 0. The topological polar surface area (TPSA) is 80.9 Å². The fraction of sp³-hybridized carbons (Fsp3) is 0.438. The van der Waals surface area contributed by atoms with Gasteiger partial charge in [-0.2, -0.15) is 0 Å². The highest BCUT2D eigenvalue weighted by Crippen LogP contribution is 2.27. The normalized spacial score (nSPS) is 15.2. The van der Waals surface area contributed by atoms with Gasteiger partial charge in [0.25, 0.3) is 0 Å². The lowest BCUT2D eigenvalue weighted by atomic mass is 9.98. The molecule has 2 aromatic rings. The SMILES string of the molecule is Cl.Cl.NC1(C(=O)NCCc2nc(-c3ccccn3)cs2)CCCC1. The molecule has 0 bridgehead atoms. The van der Waals surface area contributed by atoms with Gasteiger partial charge < -0.3 is 11.1 Å². The van der Waals surface area contributed by atoms with Crippen molar-refractivity contribution in [3.05, 3.63) is 34.8 Å². The number of pyridine rings is 1. The third-order valence-corrected chi connectivity index (χ3v) is 4.96. The maximum atomic E-state index is 12.1. The van der Waals surface area contributed by atoms with Crippen molar-refractivity contribution in [2.24, 2.45) is 5.73 Å². The van der Waals surface area contributed by atoms with Crippen LogP contribution >= 0.6 is 36.2 Å². The summed E-state index contributed by atoms with van der Waals surface area (Å²) in [6, 6.07) is 5.78. The second-order valence-corrected chi connectivity index (χ2v) is 6.65. The van der Waals surface area contributed by atoms with Crippen molar-refractivity contribution >= 4 is 42.1 Å². The highest BCUT2D eigenvalue weighted by molar-refractivity contribution is 7.09. The molecule has 5 nitrogen and oxygen atoms in total. The van der Waals surface area contributed by atoms with Crippen molar-refractivity contribution < 1.29 is 4.79 Å². The summed E-state index contributed by atoms with van der Waals surface area (Å²) in [5, 5.41) is 5.95. The molecule has 1 saturated carbocycles. The van der Waals surface area contributed by atoms with E-state index in [1.807, 2.05) is 23.6 Å². The van der Waals surface area contributed by atoms with Crippen LogP contribution < -0.4 is 11.1 Å². The number of carbonyl (C=O) groups excluding carboxylic acids is 1. The average molecular weight is 389 g/mol. The van der Waals surface area contributed by atoms with Crippen LogP contribution in [0, 0.1) is 0 Å². The number of carbonyl (C=O) groups is 1. The summed E-state index contributed by atoms with van der Waals surface area (Å²) in [4.78, 5) is 21.0. The van der Waals surface area contributed by atoms with E-state index in [9.17, 15) is 4.79 Å². The van der Waals surface area contributed by atoms with Crippen LogP contribution in [0.15, 0.2) is 29.8 Å². The number of hydrogen-bond acceptors (Lipinski definition) is 5. The molecular formula is C16H22Cl2N4OS. The van der Waals surface area contributed by atoms with Gasteiger partial charge in [0, 0.05) is 24.5 Å². The number of nitrogens with one attached hydrogen (secondary N) is 1. The Morgan fingerprint density at radius 2 is 2.00 bits per heavy atom. The minimum Gasteiger partial charge on any atom is -0.354 e. The average Bonchev–Trinajstić information content (AvgIpc) is 3.18. The molecule has 0 aromatic carbocycles. The lowest BCUT2D eigenvalue weighted by molar-refractivity contribution is -0.126. The Bertz CT molecular complexity index is 645. The summed E-state index contributed by atoms with van der Waals surface area (Å²) in [6.07, 6.45) is 6.16. The van der Waals surface area contributed by atoms with Crippen molar-refractivity contribution in [1.29, 1.82) is 0 Å². The molecule has 2 aromatic heterocycles. The number of rotatable bonds is 5. The maximum absolute atomic E-state index is 12.1. The smallest absolute Gasteiger partial charge is 0.240 e. The molecule has 0 unspecified atom stereocenters. The van der Waals surface area contributed by atoms with E-state index >= 15 is 0 Å². The van der Waals surface area contributed by atoms with Crippen LogP contribution in [-0.2, 0) is 11.2 Å². The highest BCUT2D eigenvalue weighted by Gasteiger charge is 2.36. The van der Waals surface area contributed by atoms with E-state index in [0.29, 0.717) is 6.54 Å². The first-order chi connectivity index (χ1) is 10.7. The van der Waals surface area contributed by atoms with Gasteiger partial charge in [0.1, 0.15) is 0 Å². The summed E-state index contributed by atoms with van der Waals surface area (Å²) < 4.78 is 0. The molecule has 24 heavy (non-hydrogen) atoms. The fourth-order valence-corrected chi connectivity index (χ4v) is 3.54. The van der Waals surface area contributed by atoms with Gasteiger partial charge >= 0.3 is 0 Å². The van der Waals surface area contributed by atoms with E-state index in [1.165, 1.54) is 0 Å². The molecule has 1 aliphatic carbocycles. The number of aromatic nitrogens is 2. The first-order valence-electron chi connectivity index (χ1n) is 7.60. The van der Waals surface area contributed by atoms with Gasteiger partial charge in [-0.3, -0.25) is 9.78 Å². The van der Waals surface area contributed by atoms with E-state index in [2.05, 4.69) is 15.3 Å². The van der Waals surface area contributed by atoms with Gasteiger partial charge in [-0.25, -0.2) is 4.98 Å². The van der Waals surface area contributed by atoms with Gasteiger partial charge in [-0.15, -0.1) is 36.2 Å². The minimum absolute atomic E-state index is 0. The molecule has 0 radical (unpaired) electrons. The first kappa shape index (κ1) is 20.8. The van der Waals surface area contributed by atoms with Gasteiger partial charge in [0.2, 0.25) is 5.91 Å². The van der Waals surface area contributed by atoms with E-state index in [4.69, 9.17) is 5.73 Å². The largest absolute Gasteiger partial charge is 0.354 e. The van der Waals surface area contributed by atoms with E-state index < -0.39 is 5.54 Å². The molecular weight excluding hydrogens is 367 g/mol. The first-order valence-corrected chi connectivity index (χ1v) is 8.48. The Kier molecular flexibility index (Phi) is 8.09. The molecule has 3 N–H and O–H groups in total. The van der Waals surface area contributed by atoms with E-state index in [1.54, 1.807) is 17.5 Å². The number of hydrogen-bond donors (Lipinski definition) is 2. The molecule has 2 heterocycles. The van der Waals surface area contributed by atoms with Crippen LogP contribution in [0.3, 0.4) is 0 Å². The Labute approximate surface area is 158 Å². The molecule has 3 rings (SSSR count). The van der Waals surface area contributed by atoms with Crippen molar-refractivity contribution in [3.8, 4) is 11.4 Å². The molecule has 0 saturated heterocycles. The summed E-state index contributed by atoms with van der Waals surface area (Å²) >= 11 is 1.59. The Morgan fingerprint density at radius 3 is 2.67 bits per heavy atom. The van der Waals surface area contributed by atoms with Crippen LogP contribution in [0.5, 0.6) is 0 Å². The second-order valence-electron chi connectivity index (χ2n) is 5.71. The molecule has 132 valence electrons. The van der Waals surface area contributed by atoms with Crippen LogP contribution in [0.2, 0.25) is 0 Å². The zero-order chi connectivity index (χ0) is 15.4. The predicted octanol–water partition coefficient (Wildman–Crippen LogP) is 2.98. The predicted molar refractivity (Wildman–Crippen MR) is 102 cm³/mol. The summed E-state index contributed by atoms with van der Waals surface area (Å²) in [6.45, 7) is 0.576. The Hall–Kier alpha value is -1.21. The molecule has 1 amide bonds. The summed E-state index contributed by atoms with van der Waals surface area (Å²) in [5.41, 5.74) is 7.24. The second kappa shape index (κ2) is 9.32. The lowest BCUT2D eigenvalue weighted by Crippen LogP contribution is -2.52. The van der Waals surface area contributed by atoms with Crippen LogP contribution in [0.4, 0.5) is 0 Å². The molecule has 1 aliphatic rings. The number of thiazole rings is 1. The van der Waals surface area contributed by atoms with Crippen molar-refractivity contribution in [3.63, 3.8) is 0 Å². The lowest BCUT2D eigenvalue weighted by Gasteiger charge is -2.21. The van der Waals surface area contributed by atoms with Crippen molar-refractivity contribution in [2.45, 2.75) is 37.6 Å². The molecule has 1 fully saturated rings. The third-order valence-electron chi connectivity index (χ3n) is 4.05. The number of nitrogens with zero attached hydrogens (tertiary/aromatic N) is 2. The molecule has 0 aliphatic heterocycles. The Balaban J connectivity index is 0.00000144. The monoisotopic (exact) mass is 388 g/mol. The number of amides is 1. The highest BCUT2D eigenvalue weighted by atomic mass is 35.5. The van der Waals surface area contributed by atoms with Gasteiger partial charge in [0.15, 0.2) is 0 Å². The summed E-state index contributed by atoms with van der Waals surface area (Å²) in [5.74, 6) is -0.0218. The molecule has 8 heteroatoms. The zero-order valence-corrected chi connectivity index (χ0v) is 15.7. The van der Waals surface area contributed by atoms with Crippen molar-refractivity contribution in [1.82, 2.24) is 15.3 Å². The van der Waals surface area contributed by atoms with Gasteiger partial charge in [0.05, 0.1) is 21.9 Å². The zero-order valence-electron chi connectivity index (χ0n) is 13.2. The van der Waals surface area contributed by atoms with Gasteiger partial charge in [-0.1, -0.05) is 18.9 Å². The van der Waals surface area contributed by atoms with Crippen LogP contribution in [-0.4, -0.2) is 28.0 Å². The van der Waals surface area contributed by atoms with Crippen molar-refractivity contribution in [2.75, 3.05) is 6.54 Å². The molecule has 0 spiro atoms. The minimum atomic E-state index is -0.651. The fourth-order valence-electron chi connectivity index (χ4n) is 2.75. The van der Waals surface area contributed by atoms with E-state index in [-0.39, 0.29) is 30.7 Å². The maximum Gasteiger partial charge on any atom is 0.240 e. The number of nitrogens with two attached hydrogens (primary N) is 1. The van der Waals surface area contributed by atoms with E-state index in [0.717, 1.165) is 48.5 Å². The standard InChI is InChI=1S/C16H20N4OS.2ClH/c17-16(7-2-3-8-16)15(21)19-10-6-14-20-13(11-22-14)12-5-1-4-9-18-12;;/h1,4-5,9,11H,2-3,6-8,10,17H2,(H,19,21);2*1H. The van der Waals surface area contributed by atoms with Crippen LogP contribution in [0.25, 0.3) is 11.4 Å². The quantitative estimate of drug-likeness (QED) is 0.824. The third kappa shape index (κ3) is 4.89. The molecule has 0 atom stereocenters. The van der Waals surface area contributed by atoms with Crippen LogP contribution in [0.1, 0.15) is 30.7 Å². The number of halogens is 2. The Morgan fingerprint density at radius 1 is 1.25 bits per heavy atom.